The molecule has 0 saturated carbocycles. The van der Waals surface area contributed by atoms with Gasteiger partial charge in [0.1, 0.15) is 5.69 Å². The zero-order valence-corrected chi connectivity index (χ0v) is 12.9. The normalized spacial score (nSPS) is 17.9. The molecule has 22 heavy (non-hydrogen) atoms. The Balaban J connectivity index is 2.03. The molecule has 1 aliphatic heterocycles. The molecule has 1 amide bonds. The molecule has 0 aliphatic carbocycles. The van der Waals surface area contributed by atoms with Gasteiger partial charge in [0.2, 0.25) is 10.0 Å². The zero-order chi connectivity index (χ0) is 15.9. The summed E-state index contributed by atoms with van der Waals surface area (Å²) in [7, 11) is -3.75. The van der Waals surface area contributed by atoms with Gasteiger partial charge in [-0.2, -0.15) is 0 Å². The SMILES string of the molecule is CCC1Cn2cc(-c3cccc(S(N)(=O)=O)c3)cc2C(=O)N1. The number of nitrogens with two attached hydrogens (primary N) is 1. The summed E-state index contributed by atoms with van der Waals surface area (Å²) in [6, 6.07) is 8.30. The standard InChI is InChI=1S/C15H17N3O3S/c1-2-12-9-18-8-11(7-14(18)15(19)17-12)10-4-3-5-13(6-10)22(16,20)21/h3-8,12H,2,9H2,1H3,(H,17,19)(H2,16,20,21). The highest BCUT2D eigenvalue weighted by Gasteiger charge is 2.24. The molecule has 0 radical (unpaired) electrons. The maximum absolute atomic E-state index is 12.1. The third-order valence-electron chi connectivity index (χ3n) is 3.87. The van der Waals surface area contributed by atoms with Crippen molar-refractivity contribution in [3.8, 4) is 11.1 Å². The topological polar surface area (TPSA) is 94.2 Å². The van der Waals surface area contributed by atoms with Crippen LogP contribution in [0.2, 0.25) is 0 Å². The zero-order valence-electron chi connectivity index (χ0n) is 12.1. The molecule has 1 aliphatic rings. The number of fused-ring (bicyclic) bond motifs is 1. The van der Waals surface area contributed by atoms with Gasteiger partial charge in [-0.1, -0.05) is 19.1 Å². The second-order valence-corrected chi connectivity index (χ2v) is 6.98. The summed E-state index contributed by atoms with van der Waals surface area (Å²) in [5, 5.41) is 8.11. The van der Waals surface area contributed by atoms with Crippen molar-refractivity contribution in [2.75, 3.05) is 0 Å². The molecule has 2 aromatic rings. The van der Waals surface area contributed by atoms with E-state index in [0.29, 0.717) is 17.8 Å². The Hall–Kier alpha value is -2.12. The number of carbonyl (C=O) groups excluding carboxylic acids is 1. The number of carbonyl (C=O) groups is 1. The van der Waals surface area contributed by atoms with Crippen molar-refractivity contribution in [1.29, 1.82) is 0 Å². The first-order chi connectivity index (χ1) is 10.4. The molecule has 116 valence electrons. The van der Waals surface area contributed by atoms with Gasteiger partial charge < -0.3 is 9.88 Å². The van der Waals surface area contributed by atoms with Gasteiger partial charge in [0, 0.05) is 24.3 Å². The number of benzene rings is 1. The van der Waals surface area contributed by atoms with E-state index in [2.05, 4.69) is 5.32 Å². The molecule has 0 bridgehead atoms. The van der Waals surface area contributed by atoms with Gasteiger partial charge in [-0.05, 0) is 30.2 Å². The van der Waals surface area contributed by atoms with Crippen molar-refractivity contribution in [3.63, 3.8) is 0 Å². The van der Waals surface area contributed by atoms with Crippen LogP contribution < -0.4 is 10.5 Å². The van der Waals surface area contributed by atoms with E-state index in [1.54, 1.807) is 18.2 Å². The largest absolute Gasteiger partial charge is 0.346 e. The van der Waals surface area contributed by atoms with Gasteiger partial charge >= 0.3 is 0 Å². The predicted octanol–water partition coefficient (Wildman–Crippen LogP) is 1.32. The van der Waals surface area contributed by atoms with Gasteiger partial charge in [0.25, 0.3) is 5.91 Å². The molecule has 6 nitrogen and oxygen atoms in total. The highest BCUT2D eigenvalue weighted by atomic mass is 32.2. The molecule has 1 unspecified atom stereocenters. The quantitative estimate of drug-likeness (QED) is 0.893. The lowest BCUT2D eigenvalue weighted by molar-refractivity contribution is 0.0899. The molecule has 0 saturated heterocycles. The average molecular weight is 319 g/mol. The first kappa shape index (κ1) is 14.8. The lowest BCUT2D eigenvalue weighted by atomic mass is 10.1. The summed E-state index contributed by atoms with van der Waals surface area (Å²) in [4.78, 5) is 12.1. The van der Waals surface area contributed by atoms with Crippen molar-refractivity contribution in [2.45, 2.75) is 30.8 Å². The van der Waals surface area contributed by atoms with E-state index < -0.39 is 10.0 Å². The van der Waals surface area contributed by atoms with Crippen LogP contribution in [0.25, 0.3) is 11.1 Å². The average Bonchev–Trinajstić information content (AvgIpc) is 2.91. The number of nitrogens with zero attached hydrogens (tertiary/aromatic N) is 1. The first-order valence-electron chi connectivity index (χ1n) is 7.02. The maximum Gasteiger partial charge on any atom is 0.268 e. The number of primary sulfonamides is 1. The Kier molecular flexibility index (Phi) is 3.54. The van der Waals surface area contributed by atoms with E-state index in [9.17, 15) is 13.2 Å². The highest BCUT2D eigenvalue weighted by Crippen LogP contribution is 2.26. The number of nitrogens with one attached hydrogen (secondary N) is 1. The van der Waals surface area contributed by atoms with E-state index in [4.69, 9.17) is 5.14 Å². The fourth-order valence-electron chi connectivity index (χ4n) is 2.64. The van der Waals surface area contributed by atoms with Crippen molar-refractivity contribution in [3.05, 3.63) is 42.2 Å². The van der Waals surface area contributed by atoms with E-state index >= 15 is 0 Å². The fourth-order valence-corrected chi connectivity index (χ4v) is 3.20. The van der Waals surface area contributed by atoms with Gasteiger partial charge in [0.05, 0.1) is 4.90 Å². The first-order valence-corrected chi connectivity index (χ1v) is 8.57. The summed E-state index contributed by atoms with van der Waals surface area (Å²) in [5.74, 6) is -0.105. The molecule has 2 heterocycles. The van der Waals surface area contributed by atoms with Crippen LogP contribution in [0.3, 0.4) is 0 Å². The van der Waals surface area contributed by atoms with E-state index in [-0.39, 0.29) is 16.8 Å². The number of aromatic nitrogens is 1. The minimum Gasteiger partial charge on any atom is -0.346 e. The van der Waals surface area contributed by atoms with E-state index in [1.165, 1.54) is 12.1 Å². The lowest BCUT2D eigenvalue weighted by Crippen LogP contribution is -2.43. The monoisotopic (exact) mass is 319 g/mol. The minimum atomic E-state index is -3.75. The molecular formula is C15H17N3O3S. The minimum absolute atomic E-state index is 0.0602. The van der Waals surface area contributed by atoms with Gasteiger partial charge in [-0.25, -0.2) is 13.6 Å². The molecule has 1 aromatic heterocycles. The van der Waals surface area contributed by atoms with Crippen LogP contribution >= 0.6 is 0 Å². The van der Waals surface area contributed by atoms with Crippen molar-refractivity contribution in [2.24, 2.45) is 5.14 Å². The Bertz CT molecular complexity index is 839. The Morgan fingerprint density at radius 3 is 2.77 bits per heavy atom. The number of sulfonamides is 1. The molecule has 7 heteroatoms. The van der Waals surface area contributed by atoms with Crippen LogP contribution in [0.5, 0.6) is 0 Å². The number of hydrogen-bond acceptors (Lipinski definition) is 3. The van der Waals surface area contributed by atoms with E-state index in [0.717, 1.165) is 12.0 Å². The van der Waals surface area contributed by atoms with Crippen molar-refractivity contribution < 1.29 is 13.2 Å². The van der Waals surface area contributed by atoms with Crippen LogP contribution in [0.4, 0.5) is 0 Å². The lowest BCUT2D eigenvalue weighted by Gasteiger charge is -2.24. The molecule has 1 atom stereocenters. The second-order valence-electron chi connectivity index (χ2n) is 5.42. The predicted molar refractivity (Wildman–Crippen MR) is 82.8 cm³/mol. The van der Waals surface area contributed by atoms with Gasteiger partial charge in [-0.15, -0.1) is 0 Å². The summed E-state index contributed by atoms with van der Waals surface area (Å²) < 4.78 is 24.8. The third-order valence-corrected chi connectivity index (χ3v) is 4.78. The third kappa shape index (κ3) is 2.65. The fraction of sp³-hybridized carbons (Fsp3) is 0.267. The molecule has 3 rings (SSSR count). The number of rotatable bonds is 3. The summed E-state index contributed by atoms with van der Waals surface area (Å²) >= 11 is 0. The van der Waals surface area contributed by atoms with Crippen LogP contribution in [0.15, 0.2) is 41.4 Å². The van der Waals surface area contributed by atoms with Gasteiger partial charge in [-0.3, -0.25) is 4.79 Å². The molecule has 0 spiro atoms. The number of hydrogen-bond donors (Lipinski definition) is 2. The van der Waals surface area contributed by atoms with E-state index in [1.807, 2.05) is 17.7 Å². The highest BCUT2D eigenvalue weighted by molar-refractivity contribution is 7.89. The summed E-state index contributed by atoms with van der Waals surface area (Å²) in [6.45, 7) is 2.74. The van der Waals surface area contributed by atoms with Crippen molar-refractivity contribution >= 4 is 15.9 Å². The Labute approximate surface area is 129 Å². The van der Waals surface area contributed by atoms with Crippen LogP contribution in [-0.4, -0.2) is 24.9 Å². The van der Waals surface area contributed by atoms with Crippen LogP contribution in [0.1, 0.15) is 23.8 Å². The Morgan fingerprint density at radius 1 is 1.32 bits per heavy atom. The second kappa shape index (κ2) is 5.26. The molecule has 1 aromatic carbocycles. The number of amides is 1. The van der Waals surface area contributed by atoms with Crippen LogP contribution in [-0.2, 0) is 16.6 Å². The summed E-state index contributed by atoms with van der Waals surface area (Å²) in [6.07, 6.45) is 2.73. The molecule has 3 N–H and O–H groups in total. The van der Waals surface area contributed by atoms with Crippen LogP contribution in [0, 0.1) is 0 Å². The molecule has 0 fully saturated rings. The maximum atomic E-state index is 12.1. The summed E-state index contributed by atoms with van der Waals surface area (Å²) in [5.41, 5.74) is 2.10. The van der Waals surface area contributed by atoms with Gasteiger partial charge in [0.15, 0.2) is 0 Å². The van der Waals surface area contributed by atoms with Crippen molar-refractivity contribution in [1.82, 2.24) is 9.88 Å². The Morgan fingerprint density at radius 2 is 2.09 bits per heavy atom. The molecular weight excluding hydrogens is 302 g/mol. The smallest absolute Gasteiger partial charge is 0.268 e.